The molecule has 4 nitrogen and oxygen atoms in total. The zero-order valence-electron chi connectivity index (χ0n) is 14.6. The van der Waals surface area contributed by atoms with Gasteiger partial charge in [0.05, 0.1) is 0 Å². The molecule has 0 saturated carbocycles. The Labute approximate surface area is 159 Å². The van der Waals surface area contributed by atoms with Gasteiger partial charge < -0.3 is 10.6 Å². The highest BCUT2D eigenvalue weighted by Gasteiger charge is 2.32. The van der Waals surface area contributed by atoms with E-state index in [-0.39, 0.29) is 13.1 Å². The van der Waals surface area contributed by atoms with Crippen molar-refractivity contribution in [1.29, 1.82) is 5.41 Å². The minimum absolute atomic E-state index is 0.0125. The summed E-state index contributed by atoms with van der Waals surface area (Å²) in [4.78, 5) is 13.8. The molecule has 0 spiro atoms. The number of carbonyl (C=O) groups is 1. The molecule has 2 rings (SSSR count). The van der Waals surface area contributed by atoms with E-state index in [0.29, 0.717) is 24.0 Å². The van der Waals surface area contributed by atoms with Crippen molar-refractivity contribution in [3.8, 4) is 0 Å². The zero-order chi connectivity index (χ0) is 20.0. The van der Waals surface area contributed by atoms with Crippen LogP contribution in [0.2, 0.25) is 0 Å². The van der Waals surface area contributed by atoms with E-state index < -0.39 is 29.3 Å². The first kappa shape index (κ1) is 21.3. The first-order chi connectivity index (χ1) is 12.7. The molecule has 1 aliphatic heterocycles. The average molecular weight is 403 g/mol. The summed E-state index contributed by atoms with van der Waals surface area (Å²) in [6.07, 6.45) is -2.78. The van der Waals surface area contributed by atoms with Crippen LogP contribution in [0.1, 0.15) is 18.4 Å². The van der Waals surface area contributed by atoms with Gasteiger partial charge in [-0.15, -0.1) is 0 Å². The molecule has 1 aliphatic rings. The van der Waals surface area contributed by atoms with Crippen molar-refractivity contribution in [3.63, 3.8) is 0 Å². The maximum Gasteiger partial charge on any atom is 0.430 e. The maximum absolute atomic E-state index is 13.4. The Balaban J connectivity index is 2.13. The van der Waals surface area contributed by atoms with E-state index in [0.717, 1.165) is 17.9 Å². The van der Waals surface area contributed by atoms with Gasteiger partial charge in [-0.05, 0) is 54.0 Å². The van der Waals surface area contributed by atoms with Crippen LogP contribution < -0.4 is 5.73 Å². The minimum Gasteiger partial charge on any atom is -0.395 e. The molecule has 148 valence electrons. The van der Waals surface area contributed by atoms with Crippen molar-refractivity contribution in [1.82, 2.24) is 4.90 Å². The first-order valence-electron chi connectivity index (χ1n) is 8.41. The predicted octanol–water partition coefficient (Wildman–Crippen LogP) is 3.72. The van der Waals surface area contributed by atoms with Crippen molar-refractivity contribution < 1.29 is 22.4 Å². The highest BCUT2D eigenvalue weighted by atomic mass is 32.2. The van der Waals surface area contributed by atoms with Crippen molar-refractivity contribution in [2.24, 2.45) is 11.7 Å². The zero-order valence-corrected chi connectivity index (χ0v) is 15.4. The van der Waals surface area contributed by atoms with Crippen molar-refractivity contribution in [3.05, 3.63) is 47.4 Å². The van der Waals surface area contributed by atoms with Crippen LogP contribution >= 0.6 is 11.8 Å². The fourth-order valence-electron chi connectivity index (χ4n) is 2.73. The lowest BCUT2D eigenvalue weighted by atomic mass is 10.0. The minimum atomic E-state index is -4.80. The van der Waals surface area contributed by atoms with E-state index in [1.165, 1.54) is 23.1 Å². The van der Waals surface area contributed by atoms with Crippen LogP contribution in [-0.4, -0.2) is 40.7 Å². The van der Waals surface area contributed by atoms with Gasteiger partial charge in [-0.25, -0.2) is 4.39 Å². The standard InChI is InChI=1S/C18H21F4N3OS/c19-14-3-1-2-13(8-14)10-25(6-4-12-5-7-27-11-12)17(26)15(23)9-16(24)18(20,21)22/h1-3,8-9,12,23H,4-7,10-11,24H2. The second kappa shape index (κ2) is 9.25. The third kappa shape index (κ3) is 6.57. The highest BCUT2D eigenvalue weighted by Crippen LogP contribution is 2.26. The number of nitrogens with zero attached hydrogens (tertiary/aromatic N) is 1. The van der Waals surface area contributed by atoms with Crippen LogP contribution in [0.25, 0.3) is 0 Å². The number of allylic oxidation sites excluding steroid dienone is 1. The van der Waals surface area contributed by atoms with Gasteiger partial charge in [-0.2, -0.15) is 24.9 Å². The van der Waals surface area contributed by atoms with E-state index in [1.54, 1.807) is 6.07 Å². The van der Waals surface area contributed by atoms with Gasteiger partial charge in [0.15, 0.2) is 0 Å². The monoisotopic (exact) mass is 403 g/mol. The maximum atomic E-state index is 13.4. The Kier molecular flexibility index (Phi) is 7.29. The molecule has 0 radical (unpaired) electrons. The summed E-state index contributed by atoms with van der Waals surface area (Å²) in [5.41, 5.74) is 3.07. The Bertz CT molecular complexity index is 715. The van der Waals surface area contributed by atoms with Crippen LogP contribution in [0, 0.1) is 17.1 Å². The van der Waals surface area contributed by atoms with Crippen LogP contribution in [-0.2, 0) is 11.3 Å². The molecule has 1 amide bonds. The van der Waals surface area contributed by atoms with Crippen LogP contribution in [0.5, 0.6) is 0 Å². The molecule has 0 aliphatic carbocycles. The van der Waals surface area contributed by atoms with Crippen LogP contribution in [0.15, 0.2) is 36.0 Å². The molecule has 1 fully saturated rings. The molecule has 27 heavy (non-hydrogen) atoms. The molecule has 3 N–H and O–H groups in total. The van der Waals surface area contributed by atoms with E-state index in [1.807, 2.05) is 11.8 Å². The number of carbonyl (C=O) groups excluding carboxylic acids is 1. The smallest absolute Gasteiger partial charge is 0.395 e. The topological polar surface area (TPSA) is 70.2 Å². The third-order valence-corrected chi connectivity index (χ3v) is 5.47. The molecular formula is C18H21F4N3OS. The first-order valence-corrected chi connectivity index (χ1v) is 9.56. The summed E-state index contributed by atoms with van der Waals surface area (Å²) in [6.45, 7) is 0.293. The van der Waals surface area contributed by atoms with E-state index in [4.69, 9.17) is 11.1 Å². The lowest BCUT2D eigenvalue weighted by molar-refractivity contribution is -0.124. The van der Waals surface area contributed by atoms with Gasteiger partial charge in [0, 0.05) is 13.1 Å². The second-order valence-electron chi connectivity index (χ2n) is 6.39. The molecule has 1 aromatic rings. The predicted molar refractivity (Wildman–Crippen MR) is 97.9 cm³/mol. The lowest BCUT2D eigenvalue weighted by Crippen LogP contribution is -2.37. The summed E-state index contributed by atoms with van der Waals surface area (Å²) in [5.74, 6) is 1.10. The summed E-state index contributed by atoms with van der Waals surface area (Å²) >= 11 is 1.82. The van der Waals surface area contributed by atoms with Gasteiger partial charge in [0.25, 0.3) is 5.91 Å². The van der Waals surface area contributed by atoms with Crippen LogP contribution in [0.3, 0.4) is 0 Å². The van der Waals surface area contributed by atoms with E-state index >= 15 is 0 Å². The molecule has 9 heteroatoms. The summed E-state index contributed by atoms with van der Waals surface area (Å²) in [5, 5.41) is 7.71. The lowest BCUT2D eigenvalue weighted by Gasteiger charge is -2.24. The molecular weight excluding hydrogens is 382 g/mol. The molecule has 1 heterocycles. The number of hydrogen-bond acceptors (Lipinski definition) is 4. The number of hydrogen-bond donors (Lipinski definition) is 2. The number of halogens is 4. The summed E-state index contributed by atoms with van der Waals surface area (Å²) in [6, 6.07) is 5.64. The van der Waals surface area contributed by atoms with Gasteiger partial charge in [-0.1, -0.05) is 12.1 Å². The molecule has 1 unspecified atom stereocenters. The SMILES string of the molecule is N=C(C=C(N)C(F)(F)F)C(=O)N(CCC1CCSC1)Cc1cccc(F)c1. The number of nitrogens with one attached hydrogen (secondary N) is 1. The Morgan fingerprint density at radius 3 is 2.74 bits per heavy atom. The number of nitrogens with two attached hydrogens (primary N) is 1. The number of amides is 1. The molecule has 1 atom stereocenters. The van der Waals surface area contributed by atoms with Gasteiger partial charge in [-0.3, -0.25) is 10.2 Å². The second-order valence-corrected chi connectivity index (χ2v) is 7.54. The Morgan fingerprint density at radius 2 is 2.15 bits per heavy atom. The average Bonchev–Trinajstić information content (AvgIpc) is 3.10. The summed E-state index contributed by atoms with van der Waals surface area (Å²) < 4.78 is 51.1. The molecule has 1 saturated heterocycles. The van der Waals surface area contributed by atoms with Crippen molar-refractivity contribution in [2.75, 3.05) is 18.1 Å². The van der Waals surface area contributed by atoms with Crippen LogP contribution in [0.4, 0.5) is 17.6 Å². The largest absolute Gasteiger partial charge is 0.430 e. The molecule has 0 aromatic heterocycles. The number of rotatable bonds is 7. The molecule has 0 bridgehead atoms. The Morgan fingerprint density at radius 1 is 1.41 bits per heavy atom. The summed E-state index contributed by atoms with van der Waals surface area (Å²) in [7, 11) is 0. The quantitative estimate of drug-likeness (QED) is 0.539. The fraction of sp³-hybridized carbons (Fsp3) is 0.444. The molecule has 1 aromatic carbocycles. The van der Waals surface area contributed by atoms with Gasteiger partial charge >= 0.3 is 6.18 Å². The highest BCUT2D eigenvalue weighted by molar-refractivity contribution is 7.99. The fourth-order valence-corrected chi connectivity index (χ4v) is 4.06. The number of thioether (sulfide) groups is 1. The third-order valence-electron chi connectivity index (χ3n) is 4.24. The number of benzene rings is 1. The van der Waals surface area contributed by atoms with Crippen molar-refractivity contribution >= 4 is 23.4 Å². The van der Waals surface area contributed by atoms with Crippen molar-refractivity contribution in [2.45, 2.75) is 25.6 Å². The number of alkyl halides is 3. The van der Waals surface area contributed by atoms with Gasteiger partial charge in [0.2, 0.25) is 0 Å². The van der Waals surface area contributed by atoms with Gasteiger partial charge in [0.1, 0.15) is 17.2 Å². The van der Waals surface area contributed by atoms with E-state index in [2.05, 4.69) is 0 Å². The normalized spacial score (nSPS) is 17.8. The Hall–Kier alpha value is -2.03. The van der Waals surface area contributed by atoms with E-state index in [9.17, 15) is 22.4 Å².